The number of carboxylic acid groups (broad SMARTS) is 1. The number of rotatable bonds is 3. The van der Waals surface area contributed by atoms with Crippen molar-refractivity contribution in [2.75, 3.05) is 11.9 Å². The van der Waals surface area contributed by atoms with Crippen LogP contribution in [0.3, 0.4) is 0 Å². The Hall–Kier alpha value is -3.29. The van der Waals surface area contributed by atoms with Crippen LogP contribution < -0.4 is 16.4 Å². The largest absolute Gasteiger partial charge is 0.490 e. The van der Waals surface area contributed by atoms with Crippen molar-refractivity contribution in [2.24, 2.45) is 5.73 Å². The number of carbonyl (C=O) groups excluding carboxylic acids is 2. The third-order valence-corrected chi connectivity index (χ3v) is 1.94. The van der Waals surface area contributed by atoms with Crippen LogP contribution in [0.4, 0.5) is 23.7 Å². The number of benzene rings is 1. The Morgan fingerprint density at radius 3 is 2.04 bits per heavy atom. The van der Waals surface area contributed by atoms with E-state index in [9.17, 15) is 22.8 Å². The molecule has 8 nitrogen and oxygen atoms in total. The molecule has 0 heterocycles. The minimum absolute atomic E-state index is 0.220. The first-order valence-electron chi connectivity index (χ1n) is 5.69. The number of anilines is 1. The number of nitrogens with one attached hydrogen (secondary N) is 2. The van der Waals surface area contributed by atoms with E-state index in [0.29, 0.717) is 11.3 Å². The van der Waals surface area contributed by atoms with Crippen LogP contribution in [0.15, 0.2) is 24.3 Å². The van der Waals surface area contributed by atoms with Gasteiger partial charge >= 0.3 is 18.2 Å². The van der Waals surface area contributed by atoms with Gasteiger partial charge in [0.05, 0.1) is 18.2 Å². The van der Waals surface area contributed by atoms with Crippen LogP contribution in [0, 0.1) is 11.3 Å². The molecule has 5 N–H and O–H groups in total. The van der Waals surface area contributed by atoms with Gasteiger partial charge in [-0.3, -0.25) is 4.79 Å². The quantitative estimate of drug-likeness (QED) is 0.647. The molecule has 0 aliphatic rings. The van der Waals surface area contributed by atoms with E-state index < -0.39 is 24.1 Å². The summed E-state index contributed by atoms with van der Waals surface area (Å²) in [5.74, 6) is -3.37. The number of alkyl halides is 3. The van der Waals surface area contributed by atoms with E-state index in [4.69, 9.17) is 20.9 Å². The molecular weight excluding hydrogens is 321 g/mol. The molecule has 0 atom stereocenters. The van der Waals surface area contributed by atoms with Gasteiger partial charge in [-0.2, -0.15) is 18.4 Å². The topological polar surface area (TPSA) is 145 Å². The molecule has 0 aliphatic carbocycles. The summed E-state index contributed by atoms with van der Waals surface area (Å²) in [6.07, 6.45) is -5.08. The number of hydrogen-bond donors (Lipinski definition) is 4. The second-order valence-corrected chi connectivity index (χ2v) is 3.77. The van der Waals surface area contributed by atoms with Crippen LogP contribution >= 0.6 is 0 Å². The molecule has 3 amide bonds. The van der Waals surface area contributed by atoms with Gasteiger partial charge in [0.25, 0.3) is 0 Å². The average Bonchev–Trinajstić information content (AvgIpc) is 2.45. The van der Waals surface area contributed by atoms with Gasteiger partial charge in [-0.1, -0.05) is 0 Å². The highest BCUT2D eigenvalue weighted by Crippen LogP contribution is 2.13. The molecule has 1 aromatic carbocycles. The lowest BCUT2D eigenvalue weighted by Gasteiger charge is -2.05. The van der Waals surface area contributed by atoms with Gasteiger partial charge in [-0.25, -0.2) is 9.59 Å². The number of halogens is 3. The summed E-state index contributed by atoms with van der Waals surface area (Å²) in [6, 6.07) is 7.75. The Morgan fingerprint density at radius 2 is 1.70 bits per heavy atom. The second-order valence-electron chi connectivity index (χ2n) is 3.77. The minimum atomic E-state index is -5.08. The van der Waals surface area contributed by atoms with Gasteiger partial charge < -0.3 is 21.5 Å². The maximum Gasteiger partial charge on any atom is 0.490 e. The van der Waals surface area contributed by atoms with Crippen molar-refractivity contribution in [2.45, 2.75) is 6.18 Å². The summed E-state index contributed by atoms with van der Waals surface area (Å²) in [5, 5.41) is 20.4. The van der Waals surface area contributed by atoms with Crippen molar-refractivity contribution in [3.05, 3.63) is 29.8 Å². The van der Waals surface area contributed by atoms with Crippen LogP contribution in [0.2, 0.25) is 0 Å². The fraction of sp³-hybridized carbons (Fsp3) is 0.167. The lowest BCUT2D eigenvalue weighted by atomic mass is 10.2. The van der Waals surface area contributed by atoms with Gasteiger partial charge in [-0.05, 0) is 24.3 Å². The summed E-state index contributed by atoms with van der Waals surface area (Å²) in [5.41, 5.74) is 5.89. The zero-order chi connectivity index (χ0) is 18.0. The molecule has 23 heavy (non-hydrogen) atoms. The third-order valence-electron chi connectivity index (χ3n) is 1.94. The lowest BCUT2D eigenvalue weighted by Crippen LogP contribution is -2.36. The van der Waals surface area contributed by atoms with E-state index >= 15 is 0 Å². The minimum Gasteiger partial charge on any atom is -0.475 e. The van der Waals surface area contributed by atoms with Crippen molar-refractivity contribution >= 4 is 23.6 Å². The standard InChI is InChI=1S/C10H10N4O2.C2HF3O2/c11-5-7-1-3-8(4-2-7)14-10(16)13-6-9(12)15;3-2(4,5)1(6)7/h1-4H,6H2,(H2,12,15)(H2,13,14,16);(H,6,7). The van der Waals surface area contributed by atoms with Crippen LogP contribution in [0.25, 0.3) is 0 Å². The molecule has 0 bridgehead atoms. The number of primary amides is 1. The zero-order valence-electron chi connectivity index (χ0n) is 11.3. The molecule has 0 radical (unpaired) electrons. The van der Waals surface area contributed by atoms with Crippen molar-refractivity contribution in [1.82, 2.24) is 5.32 Å². The highest BCUT2D eigenvalue weighted by atomic mass is 19.4. The molecule has 0 aliphatic heterocycles. The molecule has 1 aromatic rings. The number of amides is 3. The summed E-state index contributed by atoms with van der Waals surface area (Å²) >= 11 is 0. The van der Waals surface area contributed by atoms with Gasteiger partial charge in [0.15, 0.2) is 0 Å². The highest BCUT2D eigenvalue weighted by molar-refractivity contribution is 5.91. The van der Waals surface area contributed by atoms with E-state index in [0.717, 1.165) is 0 Å². The Bertz CT molecular complexity index is 608. The number of urea groups is 1. The maximum absolute atomic E-state index is 11.2. The maximum atomic E-state index is 11.2. The summed E-state index contributed by atoms with van der Waals surface area (Å²) in [4.78, 5) is 30.5. The van der Waals surface area contributed by atoms with Crippen LogP contribution in [-0.4, -0.2) is 35.7 Å². The van der Waals surface area contributed by atoms with Crippen molar-refractivity contribution in [3.63, 3.8) is 0 Å². The number of nitriles is 1. The molecule has 11 heteroatoms. The van der Waals surface area contributed by atoms with Crippen LogP contribution in [-0.2, 0) is 9.59 Å². The lowest BCUT2D eigenvalue weighted by molar-refractivity contribution is -0.192. The molecule has 0 aromatic heterocycles. The zero-order valence-corrected chi connectivity index (χ0v) is 11.3. The molecular formula is C12H11F3N4O4. The van der Waals surface area contributed by atoms with E-state index in [1.807, 2.05) is 6.07 Å². The van der Waals surface area contributed by atoms with E-state index in [1.165, 1.54) is 0 Å². The average molecular weight is 332 g/mol. The van der Waals surface area contributed by atoms with Crippen molar-refractivity contribution in [3.8, 4) is 6.07 Å². The SMILES string of the molecule is N#Cc1ccc(NC(=O)NCC(N)=O)cc1.O=C(O)C(F)(F)F. The predicted octanol–water partition coefficient (Wildman–Crippen LogP) is 0.798. The molecule has 0 unspecified atom stereocenters. The Kier molecular flexibility index (Phi) is 7.61. The molecule has 0 saturated carbocycles. The number of nitrogens with zero attached hydrogens (tertiary/aromatic N) is 1. The third kappa shape index (κ3) is 9.29. The number of aliphatic carboxylic acids is 1. The Labute approximate surface area is 127 Å². The van der Waals surface area contributed by atoms with E-state index in [2.05, 4.69) is 10.6 Å². The molecule has 124 valence electrons. The monoisotopic (exact) mass is 332 g/mol. The number of carbonyl (C=O) groups is 3. The number of hydrogen-bond acceptors (Lipinski definition) is 4. The fourth-order valence-electron chi connectivity index (χ4n) is 0.971. The normalized spacial score (nSPS) is 9.65. The number of nitrogens with two attached hydrogens (primary N) is 1. The summed E-state index contributed by atoms with van der Waals surface area (Å²) in [7, 11) is 0. The fourth-order valence-corrected chi connectivity index (χ4v) is 0.971. The smallest absolute Gasteiger partial charge is 0.475 e. The molecule has 0 saturated heterocycles. The van der Waals surface area contributed by atoms with Gasteiger partial charge in [-0.15, -0.1) is 0 Å². The number of carboxylic acids is 1. The van der Waals surface area contributed by atoms with Crippen LogP contribution in [0.5, 0.6) is 0 Å². The van der Waals surface area contributed by atoms with E-state index in [1.54, 1.807) is 24.3 Å². The first kappa shape index (κ1) is 19.7. The van der Waals surface area contributed by atoms with E-state index in [-0.39, 0.29) is 6.54 Å². The molecule has 0 fully saturated rings. The summed E-state index contributed by atoms with van der Waals surface area (Å²) in [6.45, 7) is -0.220. The predicted molar refractivity (Wildman–Crippen MR) is 71.1 cm³/mol. The van der Waals surface area contributed by atoms with Gasteiger partial charge in [0.1, 0.15) is 0 Å². The highest BCUT2D eigenvalue weighted by Gasteiger charge is 2.38. The van der Waals surface area contributed by atoms with Crippen LogP contribution in [0.1, 0.15) is 5.56 Å². The first-order valence-corrected chi connectivity index (χ1v) is 5.69. The van der Waals surface area contributed by atoms with Gasteiger partial charge in [0.2, 0.25) is 5.91 Å². The van der Waals surface area contributed by atoms with Gasteiger partial charge in [0, 0.05) is 5.69 Å². The Morgan fingerprint density at radius 1 is 1.22 bits per heavy atom. The Balaban J connectivity index is 0.000000585. The first-order chi connectivity index (χ1) is 10.6. The molecule has 0 spiro atoms. The molecule has 1 rings (SSSR count). The second kappa shape index (κ2) is 8.88. The van der Waals surface area contributed by atoms with Crippen molar-refractivity contribution < 1.29 is 32.7 Å². The summed E-state index contributed by atoms with van der Waals surface area (Å²) < 4.78 is 31.7. The van der Waals surface area contributed by atoms with Crippen molar-refractivity contribution in [1.29, 1.82) is 5.26 Å².